The SMILES string of the molecule is CC(C)(C)c1cc(Oc2cc(C(C)(C)c3ccccc3)c3c4ccccc4n(-c4cc(C(C)(C)C)ccn4)c3c2)cc(N2CN(c3cc(-c4ccccc4)cc(C(C)(C)c4ccccc4)c3)c3cc(C(C)(C)C)ccc32)c1. The van der Waals surface area contributed by atoms with Gasteiger partial charge in [0.1, 0.15) is 24.0 Å². The number of rotatable bonds is 10. The van der Waals surface area contributed by atoms with Gasteiger partial charge < -0.3 is 14.5 Å². The zero-order valence-electron chi connectivity index (χ0n) is 47.5. The summed E-state index contributed by atoms with van der Waals surface area (Å²) in [4.78, 5) is 10.1. The molecule has 0 bridgehead atoms. The molecule has 0 saturated carbocycles. The van der Waals surface area contributed by atoms with Crippen molar-refractivity contribution < 1.29 is 4.74 Å². The molecule has 0 unspecified atom stereocenters. The second kappa shape index (κ2) is 19.0. The lowest BCUT2D eigenvalue weighted by Gasteiger charge is -2.30. The molecule has 77 heavy (non-hydrogen) atoms. The van der Waals surface area contributed by atoms with E-state index in [4.69, 9.17) is 9.72 Å². The lowest BCUT2D eigenvalue weighted by molar-refractivity contribution is 0.477. The van der Waals surface area contributed by atoms with E-state index >= 15 is 0 Å². The minimum Gasteiger partial charge on any atom is -0.457 e. The van der Waals surface area contributed by atoms with Gasteiger partial charge in [0.2, 0.25) is 0 Å². The topological polar surface area (TPSA) is 33.5 Å². The Morgan fingerprint density at radius 3 is 1.61 bits per heavy atom. The van der Waals surface area contributed by atoms with Gasteiger partial charge in [-0.2, -0.15) is 0 Å². The van der Waals surface area contributed by atoms with Gasteiger partial charge in [-0.3, -0.25) is 4.57 Å². The Morgan fingerprint density at radius 1 is 0.390 bits per heavy atom. The normalized spacial score (nSPS) is 13.4. The van der Waals surface area contributed by atoms with E-state index in [1.807, 2.05) is 6.20 Å². The van der Waals surface area contributed by atoms with E-state index in [-0.39, 0.29) is 21.7 Å². The van der Waals surface area contributed by atoms with E-state index in [9.17, 15) is 0 Å². The van der Waals surface area contributed by atoms with E-state index in [0.29, 0.717) is 6.67 Å². The minimum atomic E-state index is -0.393. The molecule has 5 nitrogen and oxygen atoms in total. The van der Waals surface area contributed by atoms with Crippen LogP contribution >= 0.6 is 0 Å². The Bertz CT molecular complexity index is 3810. The molecule has 10 aromatic rings. The number of pyridine rings is 1. The first-order chi connectivity index (χ1) is 36.6. The fourth-order valence-corrected chi connectivity index (χ4v) is 11.4. The molecule has 11 rings (SSSR count). The molecule has 8 aromatic carbocycles. The van der Waals surface area contributed by atoms with Crippen molar-refractivity contribution in [3.8, 4) is 28.4 Å². The summed E-state index contributed by atoms with van der Waals surface area (Å²) >= 11 is 0. The maximum atomic E-state index is 7.41. The largest absolute Gasteiger partial charge is 0.457 e. The van der Waals surface area contributed by atoms with Crippen LogP contribution in [0.2, 0.25) is 0 Å². The van der Waals surface area contributed by atoms with Gasteiger partial charge in [-0.25, -0.2) is 4.98 Å². The van der Waals surface area contributed by atoms with Crippen molar-refractivity contribution in [2.24, 2.45) is 0 Å². The molecule has 1 aliphatic heterocycles. The van der Waals surface area contributed by atoms with E-state index in [1.165, 1.54) is 66.5 Å². The Balaban J connectivity index is 1.09. The van der Waals surface area contributed by atoms with Crippen LogP contribution < -0.4 is 14.5 Å². The summed E-state index contributed by atoms with van der Waals surface area (Å²) < 4.78 is 9.75. The van der Waals surface area contributed by atoms with Gasteiger partial charge in [0.05, 0.1) is 22.4 Å². The average Bonchev–Trinajstić information content (AvgIpc) is 4.13. The number of ether oxygens (including phenoxy) is 1. The van der Waals surface area contributed by atoms with Crippen LogP contribution in [0.4, 0.5) is 22.7 Å². The lowest BCUT2D eigenvalue weighted by atomic mass is 9.76. The Labute approximate surface area is 457 Å². The zero-order chi connectivity index (χ0) is 54.2. The quantitative estimate of drug-likeness (QED) is 0.137. The van der Waals surface area contributed by atoms with Crippen molar-refractivity contribution in [2.75, 3.05) is 16.5 Å². The first kappa shape index (κ1) is 51.2. The number of nitrogens with zero attached hydrogens (tertiary/aromatic N) is 4. The van der Waals surface area contributed by atoms with Crippen LogP contribution in [0.3, 0.4) is 0 Å². The number of anilines is 4. The molecule has 0 radical (unpaired) electrons. The van der Waals surface area contributed by atoms with Crippen molar-refractivity contribution in [1.29, 1.82) is 0 Å². The molecule has 0 amide bonds. The highest BCUT2D eigenvalue weighted by molar-refractivity contribution is 6.12. The highest BCUT2D eigenvalue weighted by Gasteiger charge is 2.34. The van der Waals surface area contributed by atoms with Gasteiger partial charge in [0.15, 0.2) is 0 Å². The maximum Gasteiger partial charge on any atom is 0.137 e. The van der Waals surface area contributed by atoms with E-state index in [0.717, 1.165) is 45.4 Å². The first-order valence-electron chi connectivity index (χ1n) is 27.5. The van der Waals surface area contributed by atoms with Gasteiger partial charge in [-0.1, -0.05) is 211 Å². The third-order valence-corrected chi connectivity index (χ3v) is 16.3. The molecule has 0 N–H and O–H groups in total. The molecule has 1 aliphatic rings. The van der Waals surface area contributed by atoms with Crippen molar-refractivity contribution in [3.63, 3.8) is 0 Å². The summed E-state index contributed by atoms with van der Waals surface area (Å²) in [6.45, 7) is 30.6. The van der Waals surface area contributed by atoms with Gasteiger partial charge in [-0.05, 0) is 127 Å². The van der Waals surface area contributed by atoms with Crippen LogP contribution in [0.1, 0.15) is 129 Å². The highest BCUT2D eigenvalue weighted by atomic mass is 16.5. The van der Waals surface area contributed by atoms with Gasteiger partial charge >= 0.3 is 0 Å². The van der Waals surface area contributed by atoms with Gasteiger partial charge in [0, 0.05) is 51.3 Å². The molecular formula is C72H74N4O. The predicted octanol–water partition coefficient (Wildman–Crippen LogP) is 19.4. The van der Waals surface area contributed by atoms with Crippen LogP contribution in [-0.2, 0) is 27.1 Å². The zero-order valence-corrected chi connectivity index (χ0v) is 47.5. The molecule has 3 heterocycles. The fraction of sp³-hybridized carbons (Fsp3) is 0.264. The summed E-state index contributed by atoms with van der Waals surface area (Å²) in [5.74, 6) is 2.45. The monoisotopic (exact) mass is 1010 g/mol. The summed E-state index contributed by atoms with van der Waals surface area (Å²) in [5, 5.41) is 2.38. The summed E-state index contributed by atoms with van der Waals surface area (Å²) in [6.07, 6.45) is 1.96. The average molecular weight is 1010 g/mol. The lowest BCUT2D eigenvalue weighted by Crippen LogP contribution is -2.25. The van der Waals surface area contributed by atoms with Crippen molar-refractivity contribution >= 4 is 44.6 Å². The highest BCUT2D eigenvalue weighted by Crippen LogP contribution is 2.50. The minimum absolute atomic E-state index is 0.0557. The predicted molar refractivity (Wildman–Crippen MR) is 326 cm³/mol. The molecule has 5 heteroatoms. The molecular weight excluding hydrogens is 937 g/mol. The summed E-state index contributed by atoms with van der Waals surface area (Å²) in [5.41, 5.74) is 16.9. The Kier molecular flexibility index (Phi) is 12.6. The van der Waals surface area contributed by atoms with Crippen LogP contribution in [-0.4, -0.2) is 16.2 Å². The van der Waals surface area contributed by atoms with E-state index in [2.05, 4.69) is 298 Å². The standard InChI is InChI=1S/C72H74N4O/c1-68(2,3)52-33-34-63-64(42-52)75(56-38-49(48-25-17-14-18-26-48)37-55(40-56)71(10,11)50-27-19-15-20-28-50)47-74(63)57-39-54(70(7,8)9)41-58(44-57)77-59-45-61(72(12,13)51-29-21-16-22-30-51)67-60-31-23-24-32-62(60)76(65(67)46-59)66-43-53(35-36-73-66)69(4,5)6/h14-46H,47H2,1-13H3. The molecule has 0 spiro atoms. The van der Waals surface area contributed by atoms with Crippen LogP contribution in [0, 0.1) is 0 Å². The molecule has 0 aliphatic carbocycles. The number of fused-ring (bicyclic) bond motifs is 4. The molecule has 0 atom stereocenters. The second-order valence-electron chi connectivity index (χ2n) is 25.5. The number of para-hydroxylation sites is 1. The maximum absolute atomic E-state index is 7.41. The Morgan fingerprint density at radius 2 is 0.948 bits per heavy atom. The molecule has 2 aromatic heterocycles. The van der Waals surface area contributed by atoms with E-state index < -0.39 is 5.41 Å². The van der Waals surface area contributed by atoms with Gasteiger partial charge in [-0.15, -0.1) is 0 Å². The number of aromatic nitrogens is 2. The molecule has 388 valence electrons. The van der Waals surface area contributed by atoms with Crippen molar-refractivity contribution in [3.05, 3.63) is 239 Å². The Hall–Kier alpha value is -7.89. The van der Waals surface area contributed by atoms with Crippen molar-refractivity contribution in [2.45, 2.75) is 117 Å². The van der Waals surface area contributed by atoms with Crippen LogP contribution in [0.25, 0.3) is 38.8 Å². The fourth-order valence-electron chi connectivity index (χ4n) is 11.4. The second-order valence-corrected chi connectivity index (χ2v) is 25.5. The van der Waals surface area contributed by atoms with Crippen LogP contribution in [0.5, 0.6) is 11.5 Å². The number of hydrogen-bond donors (Lipinski definition) is 0. The smallest absolute Gasteiger partial charge is 0.137 e. The van der Waals surface area contributed by atoms with Crippen molar-refractivity contribution in [1.82, 2.24) is 9.55 Å². The first-order valence-corrected chi connectivity index (χ1v) is 27.5. The molecule has 0 saturated heterocycles. The molecule has 0 fully saturated rings. The summed E-state index contributed by atoms with van der Waals surface area (Å²) in [6, 6.07) is 71.5. The third-order valence-electron chi connectivity index (χ3n) is 16.3. The van der Waals surface area contributed by atoms with Gasteiger partial charge in [0.25, 0.3) is 0 Å². The van der Waals surface area contributed by atoms with Crippen LogP contribution in [0.15, 0.2) is 200 Å². The number of hydrogen-bond acceptors (Lipinski definition) is 4. The third kappa shape index (κ3) is 9.60. The number of benzene rings is 8. The summed E-state index contributed by atoms with van der Waals surface area (Å²) in [7, 11) is 0. The van der Waals surface area contributed by atoms with E-state index in [1.54, 1.807) is 0 Å².